The minimum Gasteiger partial charge on any atom is -0.412 e. The van der Waals surface area contributed by atoms with Crippen molar-refractivity contribution in [1.29, 1.82) is 0 Å². The van der Waals surface area contributed by atoms with Crippen molar-refractivity contribution in [3.63, 3.8) is 0 Å². The number of hydrogen-bond acceptors (Lipinski definition) is 3. The summed E-state index contributed by atoms with van der Waals surface area (Å²) in [6.45, 7) is 11.3. The van der Waals surface area contributed by atoms with Gasteiger partial charge in [0, 0.05) is 11.1 Å². The van der Waals surface area contributed by atoms with Crippen LogP contribution in [0.1, 0.15) is 66.5 Å². The molecule has 0 aliphatic rings. The molecule has 2 aromatic rings. The SMILES string of the molecule is CC[Si](CC)(CC)OC(C)(C)C(Cc1ccc(C=O)cc1)Cc1ccc(C=O)cc1. The molecule has 0 fully saturated rings. The predicted molar refractivity (Wildman–Crippen MR) is 127 cm³/mol. The van der Waals surface area contributed by atoms with Crippen LogP contribution in [0, 0.1) is 5.92 Å². The quantitative estimate of drug-likeness (QED) is 0.288. The van der Waals surface area contributed by atoms with Gasteiger partial charge in [0.15, 0.2) is 8.32 Å². The maximum absolute atomic E-state index is 11.0. The van der Waals surface area contributed by atoms with E-state index in [1.807, 2.05) is 48.5 Å². The Morgan fingerprint density at radius 1 is 0.767 bits per heavy atom. The molecule has 2 aromatic carbocycles. The van der Waals surface area contributed by atoms with Crippen molar-refractivity contribution in [2.24, 2.45) is 5.92 Å². The van der Waals surface area contributed by atoms with Crippen molar-refractivity contribution in [2.45, 2.75) is 71.2 Å². The second-order valence-electron chi connectivity index (χ2n) is 8.77. The van der Waals surface area contributed by atoms with Crippen LogP contribution in [-0.4, -0.2) is 26.5 Å². The minimum atomic E-state index is -1.77. The fourth-order valence-corrected chi connectivity index (χ4v) is 7.42. The van der Waals surface area contributed by atoms with Gasteiger partial charge in [-0.15, -0.1) is 0 Å². The third kappa shape index (κ3) is 6.23. The Morgan fingerprint density at radius 3 is 1.43 bits per heavy atom. The first-order valence-corrected chi connectivity index (χ1v) is 13.6. The molecule has 0 aliphatic carbocycles. The number of benzene rings is 2. The minimum absolute atomic E-state index is 0.276. The van der Waals surface area contributed by atoms with Gasteiger partial charge in [0.05, 0.1) is 5.60 Å². The third-order valence-electron chi connectivity index (χ3n) is 6.59. The van der Waals surface area contributed by atoms with Crippen molar-refractivity contribution in [2.75, 3.05) is 0 Å². The molecule has 4 heteroatoms. The molecule has 0 saturated heterocycles. The Hall–Kier alpha value is -2.04. The van der Waals surface area contributed by atoms with Crippen LogP contribution in [0.5, 0.6) is 0 Å². The molecule has 0 spiro atoms. The monoisotopic (exact) mass is 424 g/mol. The van der Waals surface area contributed by atoms with E-state index in [-0.39, 0.29) is 11.5 Å². The standard InChI is InChI=1S/C26H36O3Si/c1-6-30(7-2,8-3)29-26(4,5)25(17-21-9-13-23(19-27)14-10-21)18-22-11-15-24(20-28)16-12-22/h9-16,19-20,25H,6-8,17-18H2,1-5H3. The summed E-state index contributed by atoms with van der Waals surface area (Å²) in [4.78, 5) is 22.0. The van der Waals surface area contributed by atoms with E-state index in [1.54, 1.807) is 0 Å². The number of aldehydes is 2. The van der Waals surface area contributed by atoms with E-state index in [9.17, 15) is 9.59 Å². The van der Waals surface area contributed by atoms with Crippen molar-refractivity contribution < 1.29 is 14.0 Å². The summed E-state index contributed by atoms with van der Waals surface area (Å²) >= 11 is 0. The lowest BCUT2D eigenvalue weighted by atomic mass is 9.81. The molecule has 0 unspecified atom stereocenters. The highest BCUT2D eigenvalue weighted by molar-refractivity contribution is 6.73. The summed E-state index contributed by atoms with van der Waals surface area (Å²) in [5.41, 5.74) is 3.54. The Balaban J connectivity index is 2.33. The van der Waals surface area contributed by atoms with E-state index in [1.165, 1.54) is 11.1 Å². The molecule has 0 aromatic heterocycles. The molecule has 162 valence electrons. The van der Waals surface area contributed by atoms with E-state index in [4.69, 9.17) is 4.43 Å². The highest BCUT2D eigenvalue weighted by Gasteiger charge is 2.39. The lowest BCUT2D eigenvalue weighted by Crippen LogP contribution is -2.49. The highest BCUT2D eigenvalue weighted by Crippen LogP contribution is 2.35. The molecule has 0 bridgehead atoms. The van der Waals surface area contributed by atoms with Crippen LogP contribution in [0.2, 0.25) is 18.1 Å². The van der Waals surface area contributed by atoms with Crippen LogP contribution in [-0.2, 0) is 17.3 Å². The van der Waals surface area contributed by atoms with Crippen molar-refractivity contribution in [1.82, 2.24) is 0 Å². The molecule has 0 saturated carbocycles. The van der Waals surface area contributed by atoms with Gasteiger partial charge in [0.1, 0.15) is 12.6 Å². The summed E-state index contributed by atoms with van der Waals surface area (Å²) in [7, 11) is -1.77. The summed E-state index contributed by atoms with van der Waals surface area (Å²) in [6, 6.07) is 19.1. The van der Waals surface area contributed by atoms with Crippen molar-refractivity contribution >= 4 is 20.9 Å². The van der Waals surface area contributed by atoms with E-state index < -0.39 is 8.32 Å². The van der Waals surface area contributed by atoms with Crippen LogP contribution in [0.4, 0.5) is 0 Å². The van der Waals surface area contributed by atoms with Gasteiger partial charge in [0.2, 0.25) is 0 Å². The third-order valence-corrected chi connectivity index (χ3v) is 11.4. The Labute approximate surface area is 183 Å². The fraction of sp³-hybridized carbons (Fsp3) is 0.462. The second kappa shape index (κ2) is 10.8. The van der Waals surface area contributed by atoms with Gasteiger partial charge >= 0.3 is 0 Å². The lowest BCUT2D eigenvalue weighted by molar-refractivity contribution is 0.0316. The fourth-order valence-electron chi connectivity index (χ4n) is 4.21. The Bertz CT molecular complexity index is 743. The number of rotatable bonds is 12. The normalized spacial score (nSPS) is 12.2. The van der Waals surface area contributed by atoms with Gasteiger partial charge in [-0.3, -0.25) is 9.59 Å². The average Bonchev–Trinajstić information content (AvgIpc) is 2.78. The molecule has 0 amide bonds. The maximum Gasteiger partial charge on any atom is 0.192 e. The zero-order valence-corrected chi connectivity index (χ0v) is 20.1. The Kier molecular flexibility index (Phi) is 8.74. The topological polar surface area (TPSA) is 43.4 Å². The Morgan fingerprint density at radius 2 is 1.13 bits per heavy atom. The summed E-state index contributed by atoms with van der Waals surface area (Å²) in [5.74, 6) is 0.276. The maximum atomic E-state index is 11.0. The molecule has 0 aliphatic heterocycles. The largest absolute Gasteiger partial charge is 0.412 e. The zero-order chi connectivity index (χ0) is 22.2. The van der Waals surface area contributed by atoms with E-state index in [2.05, 4.69) is 34.6 Å². The van der Waals surface area contributed by atoms with Gasteiger partial charge < -0.3 is 4.43 Å². The van der Waals surface area contributed by atoms with Gasteiger partial charge in [-0.2, -0.15) is 0 Å². The molecule has 3 nitrogen and oxygen atoms in total. The molecular formula is C26H36O3Si. The summed E-state index contributed by atoms with van der Waals surface area (Å²) in [6.07, 6.45) is 3.52. The number of carbonyl (C=O) groups is 2. The summed E-state index contributed by atoms with van der Waals surface area (Å²) in [5, 5.41) is 0. The van der Waals surface area contributed by atoms with Gasteiger partial charge in [0.25, 0.3) is 0 Å². The van der Waals surface area contributed by atoms with Crippen LogP contribution < -0.4 is 0 Å². The highest BCUT2D eigenvalue weighted by atomic mass is 28.4. The second-order valence-corrected chi connectivity index (χ2v) is 13.5. The first-order chi connectivity index (χ1) is 14.3. The first-order valence-electron chi connectivity index (χ1n) is 11.1. The molecular weight excluding hydrogens is 388 g/mol. The van der Waals surface area contributed by atoms with Crippen LogP contribution >= 0.6 is 0 Å². The number of hydrogen-bond donors (Lipinski definition) is 0. The first kappa shape index (κ1) is 24.2. The smallest absolute Gasteiger partial charge is 0.192 e. The van der Waals surface area contributed by atoms with Crippen molar-refractivity contribution in [3.05, 3.63) is 70.8 Å². The van der Waals surface area contributed by atoms with Gasteiger partial charge in [-0.25, -0.2) is 0 Å². The van der Waals surface area contributed by atoms with E-state index >= 15 is 0 Å². The molecule has 0 heterocycles. The van der Waals surface area contributed by atoms with Crippen LogP contribution in [0.25, 0.3) is 0 Å². The molecule has 30 heavy (non-hydrogen) atoms. The summed E-state index contributed by atoms with van der Waals surface area (Å²) < 4.78 is 7.00. The predicted octanol–water partition coefficient (Wildman–Crippen LogP) is 6.51. The average molecular weight is 425 g/mol. The van der Waals surface area contributed by atoms with Gasteiger partial charge in [-0.1, -0.05) is 69.3 Å². The van der Waals surface area contributed by atoms with Crippen LogP contribution in [0.3, 0.4) is 0 Å². The van der Waals surface area contributed by atoms with Crippen LogP contribution in [0.15, 0.2) is 48.5 Å². The zero-order valence-electron chi connectivity index (χ0n) is 19.1. The molecule has 2 rings (SSSR count). The number of carbonyl (C=O) groups excluding carboxylic acids is 2. The van der Waals surface area contributed by atoms with E-state index in [0.717, 1.165) is 43.5 Å². The molecule has 0 N–H and O–H groups in total. The lowest BCUT2D eigenvalue weighted by Gasteiger charge is -2.43. The van der Waals surface area contributed by atoms with Crippen molar-refractivity contribution in [3.8, 4) is 0 Å². The van der Waals surface area contributed by atoms with E-state index in [0.29, 0.717) is 11.1 Å². The molecule has 0 radical (unpaired) electrons. The molecule has 0 atom stereocenters. The van der Waals surface area contributed by atoms with Gasteiger partial charge in [-0.05, 0) is 61.9 Å².